The monoisotopic (exact) mass is 833 g/mol. The van der Waals surface area contributed by atoms with Gasteiger partial charge in [-0.15, -0.1) is 0 Å². The number of aliphatic hydroxyl groups is 4. The maximum absolute atomic E-state index is 12.9. The molecule has 0 radical (unpaired) electrons. The van der Waals surface area contributed by atoms with Crippen LogP contribution in [0.15, 0.2) is 0 Å². The molecule has 7 N–H and O–H groups in total. The van der Waals surface area contributed by atoms with Gasteiger partial charge >= 0.3 is 24.0 Å². The minimum atomic E-state index is -2.32. The highest BCUT2D eigenvalue weighted by Crippen LogP contribution is 2.19. The van der Waals surface area contributed by atoms with Gasteiger partial charge in [-0.3, -0.25) is 33.6 Å². The van der Waals surface area contributed by atoms with Crippen LogP contribution in [-0.4, -0.2) is 134 Å². The van der Waals surface area contributed by atoms with Gasteiger partial charge < -0.3 is 55.3 Å². The number of Topliss-reactive ketones (excluding diaryl/α,β-unsaturated/α-hetero) is 2. The molecule has 0 saturated heterocycles. The van der Waals surface area contributed by atoms with Gasteiger partial charge in [-0.1, -0.05) is 0 Å². The first-order valence-corrected chi connectivity index (χ1v) is 19.2. The lowest BCUT2D eigenvalue weighted by Crippen LogP contribution is -2.52. The van der Waals surface area contributed by atoms with Crippen molar-refractivity contribution in [2.75, 3.05) is 13.1 Å². The molecule has 0 spiro atoms. The van der Waals surface area contributed by atoms with Crippen LogP contribution in [-0.2, 0) is 52.5 Å². The summed E-state index contributed by atoms with van der Waals surface area (Å²) in [4.78, 5) is 101. The highest BCUT2D eigenvalue weighted by atomic mass is 16.6. The number of ether oxygens (including phenoxy) is 4. The van der Waals surface area contributed by atoms with Crippen LogP contribution in [0.25, 0.3) is 0 Å². The van der Waals surface area contributed by atoms with Crippen LogP contribution in [0.5, 0.6) is 0 Å². The van der Waals surface area contributed by atoms with Crippen molar-refractivity contribution in [2.45, 2.75) is 181 Å². The standard InChI is InChI=1S/C39H67N3O16/c1-36(2,3)55-26(45)19-22(20-27(46)56-37(4,5)6)33(52)40-17-14-16-25(44)29(48)30(49)31(50)32(51)34(53)41-18-13-15-24(43)23(21-28(47)57-38(7,8)9)42-35(54)58-39(10,11)12/h22-23,29-32,48-51H,13-21H2,1-12H3,(H,40,52)(H,41,53)(H,42,54)/t23?,29-,30+,31+,32-/m1/s1. The Morgan fingerprint density at radius 2 is 0.845 bits per heavy atom. The van der Waals surface area contributed by atoms with E-state index in [1.807, 2.05) is 0 Å². The summed E-state index contributed by atoms with van der Waals surface area (Å²) in [5.74, 6) is -6.83. The van der Waals surface area contributed by atoms with Crippen molar-refractivity contribution in [3.63, 3.8) is 0 Å². The molecule has 58 heavy (non-hydrogen) atoms. The fourth-order valence-corrected chi connectivity index (χ4v) is 4.91. The molecule has 0 bridgehead atoms. The van der Waals surface area contributed by atoms with Gasteiger partial charge in [0.25, 0.3) is 5.91 Å². The van der Waals surface area contributed by atoms with Gasteiger partial charge in [-0.2, -0.15) is 0 Å². The number of alkyl carbamates (subject to hydrolysis) is 1. The van der Waals surface area contributed by atoms with E-state index in [2.05, 4.69) is 16.0 Å². The molecule has 19 nitrogen and oxygen atoms in total. The first kappa shape index (κ1) is 53.8. The molecule has 0 aromatic rings. The number of hydrogen-bond acceptors (Lipinski definition) is 16. The van der Waals surface area contributed by atoms with Gasteiger partial charge in [0, 0.05) is 25.9 Å². The summed E-state index contributed by atoms with van der Waals surface area (Å²) in [6.45, 7) is 19.2. The Kier molecular flexibility index (Phi) is 21.7. The van der Waals surface area contributed by atoms with Crippen LogP contribution >= 0.6 is 0 Å². The molecular weight excluding hydrogens is 766 g/mol. The van der Waals surface area contributed by atoms with E-state index in [0.717, 1.165) is 0 Å². The lowest BCUT2D eigenvalue weighted by Gasteiger charge is -2.25. The number of aliphatic hydroxyl groups excluding tert-OH is 4. The number of rotatable bonds is 22. The minimum Gasteiger partial charge on any atom is -0.460 e. The van der Waals surface area contributed by atoms with E-state index in [-0.39, 0.29) is 32.4 Å². The third-order valence-corrected chi connectivity index (χ3v) is 7.30. The molecule has 0 heterocycles. The fraction of sp³-hybridized carbons (Fsp3) is 0.795. The van der Waals surface area contributed by atoms with Gasteiger partial charge in [-0.25, -0.2) is 4.79 Å². The second-order valence-electron chi connectivity index (χ2n) is 17.9. The zero-order chi connectivity index (χ0) is 45.4. The molecule has 0 aliphatic heterocycles. The molecule has 1 unspecified atom stereocenters. The van der Waals surface area contributed by atoms with Crippen molar-refractivity contribution < 1.29 is 77.7 Å². The number of hydrogen-bond donors (Lipinski definition) is 7. The van der Waals surface area contributed by atoms with Crippen molar-refractivity contribution in [2.24, 2.45) is 5.92 Å². The summed E-state index contributed by atoms with van der Waals surface area (Å²) >= 11 is 0. The van der Waals surface area contributed by atoms with Crippen LogP contribution in [0.4, 0.5) is 4.79 Å². The van der Waals surface area contributed by atoms with Gasteiger partial charge in [-0.05, 0) is 95.9 Å². The summed E-state index contributed by atoms with van der Waals surface area (Å²) in [7, 11) is 0. The minimum absolute atomic E-state index is 0.0445. The average Bonchev–Trinajstić information content (AvgIpc) is 3.02. The number of esters is 3. The normalized spacial score (nSPS) is 14.8. The molecule has 0 fully saturated rings. The zero-order valence-corrected chi connectivity index (χ0v) is 36.0. The summed E-state index contributed by atoms with van der Waals surface area (Å²) in [6, 6.07) is -1.32. The SMILES string of the molecule is CC(C)(C)OC(=O)CC(CC(=O)OC(C)(C)C)C(=O)NCCCC(=O)[C@@H](O)[C@H](O)[C@H](O)[C@@H](O)C(=O)NCCCC(=O)C(CC(=O)OC(C)(C)C)NC(=O)OC(C)(C)C. The van der Waals surface area contributed by atoms with E-state index in [0.29, 0.717) is 0 Å². The maximum atomic E-state index is 12.9. The van der Waals surface area contributed by atoms with Crippen LogP contribution < -0.4 is 16.0 Å². The van der Waals surface area contributed by atoms with Crippen LogP contribution in [0.2, 0.25) is 0 Å². The van der Waals surface area contributed by atoms with E-state index >= 15 is 0 Å². The largest absolute Gasteiger partial charge is 0.460 e. The fourth-order valence-electron chi connectivity index (χ4n) is 4.91. The Bertz CT molecular complexity index is 1260. The Morgan fingerprint density at radius 1 is 0.483 bits per heavy atom. The molecule has 5 atom stereocenters. The molecule has 0 rings (SSSR count). The molecule has 0 aromatic heterocycles. The van der Waals surface area contributed by atoms with Crippen LogP contribution in [0.3, 0.4) is 0 Å². The van der Waals surface area contributed by atoms with E-state index in [4.69, 9.17) is 18.9 Å². The van der Waals surface area contributed by atoms with Gasteiger partial charge in [0.1, 0.15) is 46.8 Å². The van der Waals surface area contributed by atoms with E-state index in [1.54, 1.807) is 83.1 Å². The summed E-state index contributed by atoms with van der Waals surface area (Å²) in [6.07, 6.45) is -12.3. The second kappa shape index (κ2) is 23.4. The lowest BCUT2D eigenvalue weighted by molar-refractivity contribution is -0.161. The zero-order valence-electron chi connectivity index (χ0n) is 36.0. The summed E-state index contributed by atoms with van der Waals surface area (Å²) < 4.78 is 21.0. The Morgan fingerprint density at radius 3 is 1.26 bits per heavy atom. The van der Waals surface area contributed by atoms with Gasteiger partial charge in [0.05, 0.1) is 25.2 Å². The molecule has 0 aromatic carbocycles. The third kappa shape index (κ3) is 24.5. The molecule has 19 heteroatoms. The number of nitrogens with one attached hydrogen (secondary N) is 3. The second-order valence-corrected chi connectivity index (χ2v) is 17.9. The Hall–Kier alpha value is -4.20. The molecule has 0 aliphatic rings. The first-order valence-electron chi connectivity index (χ1n) is 19.2. The summed E-state index contributed by atoms with van der Waals surface area (Å²) in [5.41, 5.74) is -3.43. The van der Waals surface area contributed by atoms with Crippen LogP contribution in [0.1, 0.15) is 128 Å². The number of carbonyl (C=O) groups is 8. The maximum Gasteiger partial charge on any atom is 0.408 e. The molecule has 0 saturated carbocycles. The predicted molar refractivity (Wildman–Crippen MR) is 207 cm³/mol. The van der Waals surface area contributed by atoms with Crippen molar-refractivity contribution in [1.29, 1.82) is 0 Å². The lowest BCUT2D eigenvalue weighted by atomic mass is 9.97. The smallest absolute Gasteiger partial charge is 0.408 e. The Labute approximate surface area is 340 Å². The topological polar surface area (TPSA) is 290 Å². The van der Waals surface area contributed by atoms with E-state index in [9.17, 15) is 58.8 Å². The van der Waals surface area contributed by atoms with Crippen molar-refractivity contribution >= 4 is 47.4 Å². The predicted octanol–water partition coefficient (Wildman–Crippen LogP) is 1.07. The van der Waals surface area contributed by atoms with Crippen LogP contribution in [0, 0.1) is 5.92 Å². The molecule has 3 amide bonds. The number of ketones is 2. The Balaban J connectivity index is 5.14. The van der Waals surface area contributed by atoms with E-state index in [1.165, 1.54) is 0 Å². The summed E-state index contributed by atoms with van der Waals surface area (Å²) in [5, 5.41) is 48.5. The first-order chi connectivity index (χ1) is 26.2. The highest BCUT2D eigenvalue weighted by molar-refractivity contribution is 5.91. The highest BCUT2D eigenvalue weighted by Gasteiger charge is 2.37. The van der Waals surface area contributed by atoms with Gasteiger partial charge in [0.15, 0.2) is 17.7 Å². The number of amides is 3. The van der Waals surface area contributed by atoms with Crippen molar-refractivity contribution in [3.8, 4) is 0 Å². The number of carbonyl (C=O) groups excluding carboxylic acids is 8. The van der Waals surface area contributed by atoms with Gasteiger partial charge in [0.2, 0.25) is 5.91 Å². The quantitative estimate of drug-likeness (QED) is 0.0456. The molecule has 0 aliphatic carbocycles. The van der Waals surface area contributed by atoms with E-state index < -0.39 is 132 Å². The third-order valence-electron chi connectivity index (χ3n) is 7.30. The average molecular weight is 834 g/mol. The molecular formula is C39H67N3O16. The van der Waals surface area contributed by atoms with Crippen molar-refractivity contribution in [1.82, 2.24) is 16.0 Å². The molecule has 334 valence electrons. The van der Waals surface area contributed by atoms with Crippen molar-refractivity contribution in [3.05, 3.63) is 0 Å².